The highest BCUT2D eigenvalue weighted by Gasteiger charge is 2.33. The fraction of sp³-hybridized carbons (Fsp3) is 0.303. The zero-order valence-corrected chi connectivity index (χ0v) is 22.4. The number of carboxylic acid groups (broad SMARTS) is 1. The number of pyridine rings is 1. The number of aromatic nitrogens is 1. The summed E-state index contributed by atoms with van der Waals surface area (Å²) in [7, 11) is 0. The topological polar surface area (TPSA) is 91.3 Å². The van der Waals surface area contributed by atoms with Crippen LogP contribution in [0.3, 0.4) is 0 Å². The van der Waals surface area contributed by atoms with Crippen molar-refractivity contribution in [3.05, 3.63) is 102 Å². The number of aliphatic carboxylic acids is 1. The van der Waals surface area contributed by atoms with Crippen molar-refractivity contribution >= 4 is 34.2 Å². The Hall–Kier alpha value is -4.19. The van der Waals surface area contributed by atoms with Gasteiger partial charge in [-0.1, -0.05) is 48.0 Å². The normalized spacial score (nSPS) is 18.7. The number of benzene rings is 3. The Morgan fingerprint density at radius 3 is 2.23 bits per heavy atom. The number of amides is 1. The van der Waals surface area contributed by atoms with Crippen LogP contribution >= 0.6 is 0 Å². The van der Waals surface area contributed by atoms with Gasteiger partial charge in [0.25, 0.3) is 0 Å². The number of fused-ring (bicyclic) bond motifs is 1. The Morgan fingerprint density at radius 1 is 0.872 bits per heavy atom. The van der Waals surface area contributed by atoms with Crippen LogP contribution in [-0.2, 0) is 9.59 Å². The van der Waals surface area contributed by atoms with E-state index >= 15 is 0 Å². The molecule has 39 heavy (non-hydrogen) atoms. The molecule has 2 atom stereocenters. The molecule has 1 saturated carbocycles. The Kier molecular flexibility index (Phi) is 7.92. The largest absolute Gasteiger partial charge is 0.481 e. The molecule has 1 heterocycles. The van der Waals surface area contributed by atoms with Crippen molar-refractivity contribution < 1.29 is 14.7 Å². The van der Waals surface area contributed by atoms with Gasteiger partial charge >= 0.3 is 5.97 Å². The summed E-state index contributed by atoms with van der Waals surface area (Å²) in [6, 6.07) is 25.3. The molecular weight excluding hydrogens is 486 g/mol. The van der Waals surface area contributed by atoms with Gasteiger partial charge in [0.05, 0.1) is 11.4 Å². The average Bonchev–Trinajstić information content (AvgIpc) is 2.97. The van der Waals surface area contributed by atoms with Crippen LogP contribution in [-0.4, -0.2) is 28.0 Å². The highest BCUT2D eigenvalue weighted by molar-refractivity contribution is 5.97. The van der Waals surface area contributed by atoms with Gasteiger partial charge in [-0.3, -0.25) is 14.6 Å². The molecule has 0 bridgehead atoms. The summed E-state index contributed by atoms with van der Waals surface area (Å²) in [4.78, 5) is 29.5. The first-order valence-electron chi connectivity index (χ1n) is 13.7. The van der Waals surface area contributed by atoms with Crippen LogP contribution < -0.4 is 10.6 Å². The Balaban J connectivity index is 1.34. The second-order valence-electron chi connectivity index (χ2n) is 10.7. The van der Waals surface area contributed by atoms with Gasteiger partial charge in [-0.2, -0.15) is 0 Å². The van der Waals surface area contributed by atoms with Crippen LogP contribution in [0.1, 0.15) is 61.1 Å². The van der Waals surface area contributed by atoms with Gasteiger partial charge in [0, 0.05) is 23.0 Å². The quantitative estimate of drug-likeness (QED) is 0.230. The number of carbonyl (C=O) groups is 2. The standard InChI is InChI=1S/C33H35N3O3/c1-21-7-15-27(16-8-21)36-32(37)31(35-26-17-13-23(14-18-26)22(2)33(38)39)25-11-9-24(10-12-25)28-19-20-34-30-6-4-3-5-29(28)30/h3-8,13-20,22,24-25,31,35H,9-12H2,1-2H3,(H,36,37)(H,38,39). The van der Waals surface area contributed by atoms with E-state index in [9.17, 15) is 14.7 Å². The number of nitrogens with one attached hydrogen (secondary N) is 2. The zero-order valence-electron chi connectivity index (χ0n) is 22.4. The van der Waals surface area contributed by atoms with Gasteiger partial charge in [-0.15, -0.1) is 0 Å². The van der Waals surface area contributed by atoms with Crippen molar-refractivity contribution in [2.24, 2.45) is 5.92 Å². The maximum absolute atomic E-state index is 13.6. The van der Waals surface area contributed by atoms with Gasteiger partial charge in [-0.25, -0.2) is 0 Å². The van der Waals surface area contributed by atoms with E-state index in [0.29, 0.717) is 5.92 Å². The summed E-state index contributed by atoms with van der Waals surface area (Å²) in [5.41, 5.74) is 5.83. The molecule has 0 aliphatic heterocycles. The minimum Gasteiger partial charge on any atom is -0.481 e. The fourth-order valence-corrected chi connectivity index (χ4v) is 5.68. The molecule has 1 amide bonds. The minimum atomic E-state index is -0.857. The Labute approximate surface area is 229 Å². The van der Waals surface area contributed by atoms with Gasteiger partial charge < -0.3 is 15.7 Å². The molecule has 1 aromatic heterocycles. The molecule has 0 radical (unpaired) electrons. The maximum Gasteiger partial charge on any atom is 0.310 e. The lowest BCUT2D eigenvalue weighted by molar-refractivity contribution is -0.138. The molecule has 1 fully saturated rings. The van der Waals surface area contributed by atoms with Crippen molar-refractivity contribution in [2.45, 2.75) is 57.4 Å². The van der Waals surface area contributed by atoms with Crippen LogP contribution in [0.2, 0.25) is 0 Å². The number of anilines is 2. The first-order valence-corrected chi connectivity index (χ1v) is 13.7. The molecule has 3 N–H and O–H groups in total. The molecule has 5 rings (SSSR count). The fourth-order valence-electron chi connectivity index (χ4n) is 5.68. The molecule has 6 nitrogen and oxygen atoms in total. The smallest absolute Gasteiger partial charge is 0.310 e. The summed E-state index contributed by atoms with van der Waals surface area (Å²) in [6.45, 7) is 3.70. The summed E-state index contributed by atoms with van der Waals surface area (Å²) in [5.74, 6) is -0.896. The van der Waals surface area contributed by atoms with Crippen LogP contribution in [0.5, 0.6) is 0 Å². The molecule has 200 valence electrons. The number of carboxylic acids is 1. The molecule has 1 aliphatic rings. The van der Waals surface area contributed by atoms with Gasteiger partial charge in [0.15, 0.2) is 0 Å². The number of hydrogen-bond acceptors (Lipinski definition) is 4. The second-order valence-corrected chi connectivity index (χ2v) is 10.7. The summed E-state index contributed by atoms with van der Waals surface area (Å²) < 4.78 is 0. The maximum atomic E-state index is 13.6. The molecule has 6 heteroatoms. The molecule has 1 aliphatic carbocycles. The van der Waals surface area contributed by atoms with Gasteiger partial charge in [0.2, 0.25) is 5.91 Å². The van der Waals surface area contributed by atoms with Crippen molar-refractivity contribution in [3.63, 3.8) is 0 Å². The first-order chi connectivity index (χ1) is 18.9. The van der Waals surface area contributed by atoms with E-state index in [2.05, 4.69) is 39.9 Å². The number of nitrogens with zero attached hydrogens (tertiary/aromatic N) is 1. The monoisotopic (exact) mass is 521 g/mol. The molecule has 3 aromatic carbocycles. The van der Waals surface area contributed by atoms with Gasteiger partial charge in [-0.05, 0) is 98.9 Å². The predicted octanol–water partition coefficient (Wildman–Crippen LogP) is 7.12. The molecule has 4 aromatic rings. The third-order valence-corrected chi connectivity index (χ3v) is 8.07. The van der Waals surface area contributed by atoms with E-state index in [4.69, 9.17) is 0 Å². The number of rotatable bonds is 8. The zero-order chi connectivity index (χ0) is 27.4. The van der Waals surface area contributed by atoms with E-state index in [1.54, 1.807) is 6.92 Å². The van der Waals surface area contributed by atoms with E-state index in [1.165, 1.54) is 10.9 Å². The SMILES string of the molecule is Cc1ccc(NC(=O)C(Nc2ccc(C(C)C(=O)O)cc2)C2CCC(c3ccnc4ccccc34)CC2)cc1. The summed E-state index contributed by atoms with van der Waals surface area (Å²) >= 11 is 0. The summed E-state index contributed by atoms with van der Waals surface area (Å²) in [5, 5.41) is 17.2. The average molecular weight is 522 g/mol. The van der Waals surface area contributed by atoms with E-state index in [0.717, 1.165) is 53.7 Å². The van der Waals surface area contributed by atoms with E-state index in [-0.39, 0.29) is 11.8 Å². The van der Waals surface area contributed by atoms with Crippen molar-refractivity contribution in [1.29, 1.82) is 0 Å². The molecule has 0 spiro atoms. The van der Waals surface area contributed by atoms with Crippen LogP contribution in [0.15, 0.2) is 85.1 Å². The third kappa shape index (κ3) is 6.11. The molecule has 2 unspecified atom stereocenters. The highest BCUT2D eigenvalue weighted by atomic mass is 16.4. The number of para-hydroxylation sites is 1. The lowest BCUT2D eigenvalue weighted by atomic mass is 9.75. The Bertz CT molecular complexity index is 1440. The van der Waals surface area contributed by atoms with Crippen molar-refractivity contribution in [2.75, 3.05) is 10.6 Å². The van der Waals surface area contributed by atoms with E-state index < -0.39 is 17.9 Å². The van der Waals surface area contributed by atoms with Crippen LogP contribution in [0, 0.1) is 12.8 Å². The van der Waals surface area contributed by atoms with Crippen LogP contribution in [0.25, 0.3) is 10.9 Å². The van der Waals surface area contributed by atoms with Gasteiger partial charge in [0.1, 0.15) is 6.04 Å². The number of hydrogen-bond donors (Lipinski definition) is 3. The summed E-state index contributed by atoms with van der Waals surface area (Å²) in [6.07, 6.45) is 5.76. The minimum absolute atomic E-state index is 0.0559. The van der Waals surface area contributed by atoms with Crippen molar-refractivity contribution in [1.82, 2.24) is 4.98 Å². The second kappa shape index (κ2) is 11.7. The van der Waals surface area contributed by atoms with Crippen molar-refractivity contribution in [3.8, 4) is 0 Å². The first kappa shape index (κ1) is 26.4. The highest BCUT2D eigenvalue weighted by Crippen LogP contribution is 2.40. The lowest BCUT2D eigenvalue weighted by Gasteiger charge is -2.34. The molecular formula is C33H35N3O3. The third-order valence-electron chi connectivity index (χ3n) is 8.07. The van der Waals surface area contributed by atoms with E-state index in [1.807, 2.05) is 67.7 Å². The molecule has 0 saturated heterocycles. The lowest BCUT2D eigenvalue weighted by Crippen LogP contribution is -2.42. The number of aryl methyl sites for hydroxylation is 1. The predicted molar refractivity (Wildman–Crippen MR) is 156 cm³/mol. The van der Waals surface area contributed by atoms with Crippen LogP contribution in [0.4, 0.5) is 11.4 Å². The number of carbonyl (C=O) groups excluding carboxylic acids is 1. The Morgan fingerprint density at radius 2 is 1.54 bits per heavy atom.